The topological polar surface area (TPSA) is 72.2 Å². The largest absolute Gasteiger partial charge is 0.399 e. The van der Waals surface area contributed by atoms with Crippen LogP contribution >= 0.6 is 0 Å². The lowest BCUT2D eigenvalue weighted by atomic mass is 10.0. The van der Waals surface area contributed by atoms with Crippen LogP contribution in [0.4, 0.5) is 5.69 Å². The van der Waals surface area contributed by atoms with Gasteiger partial charge in [0, 0.05) is 11.7 Å². The Morgan fingerprint density at radius 3 is 2.38 bits per heavy atom. The van der Waals surface area contributed by atoms with Gasteiger partial charge in [0.05, 0.1) is 4.90 Å². The average molecular weight is 304 g/mol. The summed E-state index contributed by atoms with van der Waals surface area (Å²) in [6.45, 7) is 5.62. The number of rotatable bonds is 4. The first-order chi connectivity index (χ1) is 9.79. The van der Waals surface area contributed by atoms with Crippen molar-refractivity contribution in [1.82, 2.24) is 4.72 Å². The molecular weight excluding hydrogens is 284 g/mol. The molecule has 0 spiro atoms. The first-order valence-electron chi connectivity index (χ1n) is 6.74. The summed E-state index contributed by atoms with van der Waals surface area (Å²) >= 11 is 0. The lowest BCUT2D eigenvalue weighted by Gasteiger charge is -2.17. The van der Waals surface area contributed by atoms with Crippen molar-refractivity contribution in [2.45, 2.75) is 31.7 Å². The van der Waals surface area contributed by atoms with E-state index < -0.39 is 10.0 Å². The number of hydrogen-bond donors (Lipinski definition) is 2. The van der Waals surface area contributed by atoms with Gasteiger partial charge < -0.3 is 5.73 Å². The highest BCUT2D eigenvalue weighted by molar-refractivity contribution is 7.89. The third kappa shape index (κ3) is 3.62. The molecule has 0 aliphatic carbocycles. The van der Waals surface area contributed by atoms with Crippen LogP contribution in [0.3, 0.4) is 0 Å². The van der Waals surface area contributed by atoms with E-state index in [4.69, 9.17) is 5.73 Å². The number of anilines is 1. The Labute approximate surface area is 126 Å². The molecule has 0 amide bonds. The minimum absolute atomic E-state index is 0.195. The Morgan fingerprint density at radius 2 is 1.76 bits per heavy atom. The van der Waals surface area contributed by atoms with Gasteiger partial charge in [0.15, 0.2) is 0 Å². The molecular formula is C16H20N2O2S. The van der Waals surface area contributed by atoms with Crippen LogP contribution in [0.25, 0.3) is 0 Å². The summed E-state index contributed by atoms with van der Waals surface area (Å²) in [5, 5.41) is 0. The van der Waals surface area contributed by atoms with Gasteiger partial charge in [0.2, 0.25) is 10.0 Å². The Kier molecular flexibility index (Phi) is 4.34. The highest BCUT2D eigenvalue weighted by atomic mass is 32.2. The van der Waals surface area contributed by atoms with E-state index in [2.05, 4.69) is 4.72 Å². The first kappa shape index (κ1) is 15.5. The number of nitrogens with two attached hydrogens (primary N) is 1. The molecule has 2 aromatic carbocycles. The van der Waals surface area contributed by atoms with Gasteiger partial charge in [-0.3, -0.25) is 0 Å². The monoisotopic (exact) mass is 304 g/mol. The summed E-state index contributed by atoms with van der Waals surface area (Å²) in [7, 11) is -3.60. The van der Waals surface area contributed by atoms with Crippen LogP contribution in [0.5, 0.6) is 0 Å². The molecule has 3 N–H and O–H groups in total. The van der Waals surface area contributed by atoms with Crippen LogP contribution in [-0.4, -0.2) is 8.42 Å². The number of benzene rings is 2. The van der Waals surface area contributed by atoms with Crippen molar-refractivity contribution < 1.29 is 8.42 Å². The van der Waals surface area contributed by atoms with Gasteiger partial charge in [0.25, 0.3) is 0 Å². The van der Waals surface area contributed by atoms with Crippen LogP contribution < -0.4 is 10.5 Å². The molecule has 2 rings (SSSR count). The van der Waals surface area contributed by atoms with E-state index >= 15 is 0 Å². The van der Waals surface area contributed by atoms with Crippen LogP contribution in [0.2, 0.25) is 0 Å². The fourth-order valence-electron chi connectivity index (χ4n) is 2.37. The van der Waals surface area contributed by atoms with Crippen molar-refractivity contribution in [1.29, 1.82) is 0 Å². The average Bonchev–Trinajstić information content (AvgIpc) is 2.37. The quantitative estimate of drug-likeness (QED) is 0.853. The molecule has 0 fully saturated rings. The number of aryl methyl sites for hydroxylation is 2. The molecule has 0 aromatic heterocycles. The highest BCUT2D eigenvalue weighted by Crippen LogP contribution is 2.21. The van der Waals surface area contributed by atoms with Gasteiger partial charge in [0.1, 0.15) is 0 Å². The van der Waals surface area contributed by atoms with Crippen LogP contribution in [0, 0.1) is 13.8 Å². The molecule has 2 aromatic rings. The second kappa shape index (κ2) is 5.87. The maximum absolute atomic E-state index is 12.5. The minimum Gasteiger partial charge on any atom is -0.399 e. The predicted molar refractivity (Wildman–Crippen MR) is 85.5 cm³/mol. The number of sulfonamides is 1. The summed E-state index contributed by atoms with van der Waals surface area (Å²) in [6.07, 6.45) is 0. The van der Waals surface area contributed by atoms with E-state index in [1.807, 2.05) is 45.0 Å². The van der Waals surface area contributed by atoms with Crippen molar-refractivity contribution in [3.8, 4) is 0 Å². The number of nitrogen functional groups attached to an aromatic ring is 1. The summed E-state index contributed by atoms with van der Waals surface area (Å²) in [4.78, 5) is 0.195. The van der Waals surface area contributed by atoms with Crippen molar-refractivity contribution in [3.63, 3.8) is 0 Å². The first-order valence-corrected chi connectivity index (χ1v) is 8.23. The zero-order valence-electron chi connectivity index (χ0n) is 12.4. The lowest BCUT2D eigenvalue weighted by molar-refractivity contribution is 0.566. The standard InChI is InChI=1S/C16H20N2O2S/c1-11-8-14(17)10-15(9-11)21(19,20)18-13(3)16-7-5-4-6-12(16)2/h4-10,13,18H,17H2,1-3H3. The zero-order chi connectivity index (χ0) is 15.6. The van der Waals surface area contributed by atoms with Gasteiger partial charge in [-0.15, -0.1) is 0 Å². The van der Waals surface area contributed by atoms with Crippen molar-refractivity contribution in [2.24, 2.45) is 0 Å². The molecule has 1 unspecified atom stereocenters. The molecule has 0 saturated heterocycles. The smallest absolute Gasteiger partial charge is 0.241 e. The zero-order valence-corrected chi connectivity index (χ0v) is 13.2. The van der Waals surface area contributed by atoms with Gasteiger partial charge in [-0.25, -0.2) is 13.1 Å². The van der Waals surface area contributed by atoms with Crippen molar-refractivity contribution >= 4 is 15.7 Å². The molecule has 4 nitrogen and oxygen atoms in total. The van der Waals surface area contributed by atoms with Crippen LogP contribution in [0.15, 0.2) is 47.4 Å². The molecule has 1 atom stereocenters. The summed E-state index contributed by atoms with van der Waals surface area (Å²) in [5.74, 6) is 0. The maximum Gasteiger partial charge on any atom is 0.241 e. The van der Waals surface area contributed by atoms with Gasteiger partial charge in [-0.2, -0.15) is 0 Å². The van der Waals surface area contributed by atoms with E-state index in [1.165, 1.54) is 6.07 Å². The molecule has 0 radical (unpaired) electrons. The Morgan fingerprint density at radius 1 is 1.10 bits per heavy atom. The highest BCUT2D eigenvalue weighted by Gasteiger charge is 2.19. The second-order valence-electron chi connectivity index (χ2n) is 5.28. The normalized spacial score (nSPS) is 13.1. The van der Waals surface area contributed by atoms with Crippen LogP contribution in [-0.2, 0) is 10.0 Å². The van der Waals surface area contributed by atoms with Crippen molar-refractivity contribution in [3.05, 3.63) is 59.2 Å². The van der Waals surface area contributed by atoms with E-state index in [-0.39, 0.29) is 10.9 Å². The van der Waals surface area contributed by atoms with Crippen molar-refractivity contribution in [2.75, 3.05) is 5.73 Å². The van der Waals surface area contributed by atoms with E-state index in [9.17, 15) is 8.42 Å². The molecule has 0 aliphatic heterocycles. The summed E-state index contributed by atoms with van der Waals surface area (Å²) < 4.78 is 27.6. The molecule has 0 saturated carbocycles. The molecule has 0 heterocycles. The van der Waals surface area contributed by atoms with E-state index in [0.29, 0.717) is 5.69 Å². The van der Waals surface area contributed by atoms with Gasteiger partial charge >= 0.3 is 0 Å². The van der Waals surface area contributed by atoms with Gasteiger partial charge in [-0.1, -0.05) is 24.3 Å². The van der Waals surface area contributed by atoms with Gasteiger partial charge in [-0.05, 0) is 55.7 Å². The molecule has 0 bridgehead atoms. The van der Waals surface area contributed by atoms with Crippen LogP contribution in [0.1, 0.15) is 29.7 Å². The molecule has 5 heteroatoms. The lowest BCUT2D eigenvalue weighted by Crippen LogP contribution is -2.27. The molecule has 112 valence electrons. The van der Waals surface area contributed by atoms with E-state index in [0.717, 1.165) is 16.7 Å². The Hall–Kier alpha value is -1.85. The minimum atomic E-state index is -3.60. The second-order valence-corrected chi connectivity index (χ2v) is 6.99. The third-order valence-electron chi connectivity index (χ3n) is 3.37. The summed E-state index contributed by atoms with van der Waals surface area (Å²) in [5.41, 5.74) is 9.00. The molecule has 21 heavy (non-hydrogen) atoms. The Balaban J connectivity index is 2.31. The maximum atomic E-state index is 12.5. The SMILES string of the molecule is Cc1cc(N)cc(S(=O)(=O)NC(C)c2ccccc2C)c1. The third-order valence-corrected chi connectivity index (χ3v) is 4.89. The number of nitrogens with one attached hydrogen (secondary N) is 1. The Bertz CT molecular complexity index is 734. The molecule has 0 aliphatic rings. The number of hydrogen-bond acceptors (Lipinski definition) is 3. The predicted octanol–water partition coefficient (Wildman–Crippen LogP) is 2.93. The fourth-order valence-corrected chi connectivity index (χ4v) is 3.73. The van der Waals surface area contributed by atoms with E-state index in [1.54, 1.807) is 12.1 Å². The summed E-state index contributed by atoms with van der Waals surface area (Å²) in [6, 6.07) is 12.2. The fraction of sp³-hybridized carbons (Fsp3) is 0.250.